The Morgan fingerprint density at radius 3 is 1.21 bits per heavy atom. The first-order valence-electron chi connectivity index (χ1n) is 12.7. The molecule has 6 nitrogen and oxygen atoms in total. The van der Waals surface area contributed by atoms with E-state index in [4.69, 9.17) is 0 Å². The highest BCUT2D eigenvalue weighted by atomic mass is 32.2. The summed E-state index contributed by atoms with van der Waals surface area (Å²) in [6.45, 7) is 0.731. The molecular formula is C26H32N2O4S2. The maximum absolute atomic E-state index is 13.0. The molecule has 2 fully saturated rings. The second-order valence-electron chi connectivity index (χ2n) is 9.73. The molecule has 0 radical (unpaired) electrons. The van der Waals surface area contributed by atoms with Gasteiger partial charge in [0.05, 0.1) is 21.5 Å². The first kappa shape index (κ1) is 23.9. The molecule has 8 heteroatoms. The van der Waals surface area contributed by atoms with Crippen molar-refractivity contribution in [1.82, 2.24) is 9.13 Å². The van der Waals surface area contributed by atoms with E-state index in [0.29, 0.717) is 23.6 Å². The van der Waals surface area contributed by atoms with Gasteiger partial charge in [0.25, 0.3) is 22.2 Å². The highest BCUT2D eigenvalue weighted by Gasteiger charge is 2.21. The minimum atomic E-state index is -0.349. The first-order chi connectivity index (χ1) is 16.5. The predicted molar refractivity (Wildman–Crippen MR) is 144 cm³/mol. The molecule has 0 N–H and O–H groups in total. The minimum absolute atomic E-state index is 0.256. The molecule has 2 aromatic heterocycles. The standard InChI is InChI=1S/C26H32N2O4S2/c29-23-19-15-21-22(26(32)28(25(21)31)12-14-34-18-9-5-2-6-10-18)16-20(19)24(30)27(23)11-13-33-17-7-3-1-4-8-17/h15-18H,1-14H2. The number of rotatable bonds is 8. The van der Waals surface area contributed by atoms with Crippen molar-refractivity contribution in [1.29, 1.82) is 0 Å². The van der Waals surface area contributed by atoms with E-state index < -0.39 is 0 Å². The zero-order chi connectivity index (χ0) is 23.7. The SMILES string of the molecule is O=c1c2cc3c(=O)n(CCSC4CCCCC4)c(=O)c3cc2c(=O)n1CCSC1CCCCC1. The van der Waals surface area contributed by atoms with Crippen LogP contribution in [-0.2, 0) is 13.1 Å². The van der Waals surface area contributed by atoms with Crippen molar-refractivity contribution in [3.05, 3.63) is 53.5 Å². The summed E-state index contributed by atoms with van der Waals surface area (Å²) in [7, 11) is 0. The summed E-state index contributed by atoms with van der Waals surface area (Å²) >= 11 is 3.69. The van der Waals surface area contributed by atoms with Crippen molar-refractivity contribution in [2.45, 2.75) is 87.8 Å². The van der Waals surface area contributed by atoms with E-state index in [0.717, 1.165) is 11.5 Å². The topological polar surface area (TPSA) is 78.1 Å². The molecule has 34 heavy (non-hydrogen) atoms. The Balaban J connectivity index is 1.36. The molecule has 2 saturated carbocycles. The molecule has 0 saturated heterocycles. The highest BCUT2D eigenvalue weighted by Crippen LogP contribution is 2.29. The Morgan fingerprint density at radius 2 is 0.882 bits per heavy atom. The Kier molecular flexibility index (Phi) is 7.35. The summed E-state index contributed by atoms with van der Waals surface area (Å²) in [6, 6.07) is 2.96. The van der Waals surface area contributed by atoms with Crippen LogP contribution in [0.4, 0.5) is 0 Å². The normalized spacial score (nSPS) is 18.4. The smallest absolute Gasteiger partial charge is 0.261 e. The molecule has 0 atom stereocenters. The molecule has 0 spiro atoms. The molecule has 2 heterocycles. The van der Waals surface area contributed by atoms with Gasteiger partial charge in [-0.1, -0.05) is 38.5 Å². The van der Waals surface area contributed by atoms with Gasteiger partial charge in [-0.15, -0.1) is 0 Å². The van der Waals surface area contributed by atoms with Gasteiger partial charge in [-0.05, 0) is 37.8 Å². The van der Waals surface area contributed by atoms with Crippen molar-refractivity contribution in [3.63, 3.8) is 0 Å². The summed E-state index contributed by atoms with van der Waals surface area (Å²) in [5.41, 5.74) is -1.39. The van der Waals surface area contributed by atoms with Gasteiger partial charge in [-0.3, -0.25) is 28.3 Å². The third-order valence-electron chi connectivity index (χ3n) is 7.50. The fourth-order valence-electron chi connectivity index (χ4n) is 5.56. The van der Waals surface area contributed by atoms with Crippen LogP contribution >= 0.6 is 23.5 Å². The van der Waals surface area contributed by atoms with Crippen molar-refractivity contribution in [2.75, 3.05) is 11.5 Å². The van der Waals surface area contributed by atoms with Gasteiger partial charge in [-0.2, -0.15) is 23.5 Å². The zero-order valence-electron chi connectivity index (χ0n) is 19.6. The Hall–Kier alpha value is -1.80. The molecule has 2 aliphatic rings. The molecule has 0 aliphatic heterocycles. The average molecular weight is 501 g/mol. The number of hydrogen-bond acceptors (Lipinski definition) is 6. The summed E-state index contributed by atoms with van der Waals surface area (Å²) in [5.74, 6) is 1.44. The molecule has 2 aliphatic carbocycles. The number of benzene rings is 1. The number of hydrogen-bond donors (Lipinski definition) is 0. The van der Waals surface area contributed by atoms with Gasteiger partial charge in [0.1, 0.15) is 0 Å². The lowest BCUT2D eigenvalue weighted by Crippen LogP contribution is -2.27. The Bertz CT molecular complexity index is 1190. The maximum Gasteiger partial charge on any atom is 0.261 e. The van der Waals surface area contributed by atoms with Crippen molar-refractivity contribution in [3.8, 4) is 0 Å². The van der Waals surface area contributed by atoms with E-state index in [2.05, 4.69) is 0 Å². The number of thioether (sulfide) groups is 2. The zero-order valence-corrected chi connectivity index (χ0v) is 21.2. The van der Waals surface area contributed by atoms with E-state index in [-0.39, 0.29) is 43.8 Å². The molecule has 0 unspecified atom stereocenters. The predicted octanol–water partition coefficient (Wildman–Crippen LogP) is 4.04. The molecular weight excluding hydrogens is 468 g/mol. The van der Waals surface area contributed by atoms with Crippen LogP contribution in [0.1, 0.15) is 64.2 Å². The Morgan fingerprint density at radius 1 is 0.559 bits per heavy atom. The lowest BCUT2D eigenvalue weighted by atomic mass is 10.0. The van der Waals surface area contributed by atoms with Gasteiger partial charge < -0.3 is 0 Å². The van der Waals surface area contributed by atoms with Crippen molar-refractivity contribution < 1.29 is 0 Å². The fraction of sp³-hybridized carbons (Fsp3) is 0.615. The van der Waals surface area contributed by atoms with Crippen LogP contribution in [0.25, 0.3) is 21.5 Å². The Labute approximate surface area is 206 Å². The quantitative estimate of drug-likeness (QED) is 0.465. The van der Waals surface area contributed by atoms with Crippen LogP contribution < -0.4 is 22.2 Å². The second kappa shape index (κ2) is 10.4. The minimum Gasteiger partial charge on any atom is -0.274 e. The van der Waals surface area contributed by atoms with E-state index in [1.165, 1.54) is 85.5 Å². The monoisotopic (exact) mass is 500 g/mol. The van der Waals surface area contributed by atoms with E-state index in [1.807, 2.05) is 23.5 Å². The van der Waals surface area contributed by atoms with Gasteiger partial charge in [-0.25, -0.2) is 0 Å². The summed E-state index contributed by atoms with van der Waals surface area (Å²) in [4.78, 5) is 52.0. The largest absolute Gasteiger partial charge is 0.274 e. The third-order valence-corrected chi connectivity index (χ3v) is 10.2. The second-order valence-corrected chi connectivity index (χ2v) is 12.5. The summed E-state index contributed by atoms with van der Waals surface area (Å²) in [5, 5.41) is 2.25. The first-order valence-corrected chi connectivity index (χ1v) is 14.8. The number of aromatic nitrogens is 2. The molecule has 0 bridgehead atoms. The van der Waals surface area contributed by atoms with Crippen LogP contribution in [-0.4, -0.2) is 31.1 Å². The molecule has 5 rings (SSSR count). The number of fused-ring (bicyclic) bond motifs is 2. The van der Waals surface area contributed by atoms with Crippen molar-refractivity contribution in [2.24, 2.45) is 0 Å². The highest BCUT2D eigenvalue weighted by molar-refractivity contribution is 8.00. The van der Waals surface area contributed by atoms with E-state index >= 15 is 0 Å². The summed E-state index contributed by atoms with van der Waals surface area (Å²) in [6.07, 6.45) is 12.5. The lowest BCUT2D eigenvalue weighted by molar-refractivity contribution is 0.515. The van der Waals surface area contributed by atoms with Crippen LogP contribution in [0.5, 0.6) is 0 Å². The van der Waals surface area contributed by atoms with Crippen molar-refractivity contribution >= 4 is 45.1 Å². The van der Waals surface area contributed by atoms with Gasteiger partial charge >= 0.3 is 0 Å². The van der Waals surface area contributed by atoms with Gasteiger partial charge in [0, 0.05) is 35.1 Å². The van der Waals surface area contributed by atoms with Gasteiger partial charge in [0.2, 0.25) is 0 Å². The van der Waals surface area contributed by atoms with E-state index in [1.54, 1.807) is 0 Å². The van der Waals surface area contributed by atoms with Crippen LogP contribution in [0, 0.1) is 0 Å². The molecule has 182 valence electrons. The number of nitrogens with zero attached hydrogens (tertiary/aromatic N) is 2. The lowest BCUT2D eigenvalue weighted by Gasteiger charge is -2.20. The van der Waals surface area contributed by atoms with E-state index in [9.17, 15) is 19.2 Å². The fourth-order valence-corrected chi connectivity index (χ4v) is 8.14. The molecule has 1 aromatic carbocycles. The molecule has 3 aromatic rings. The summed E-state index contributed by atoms with van der Waals surface area (Å²) < 4.78 is 2.56. The van der Waals surface area contributed by atoms with Crippen LogP contribution in [0.15, 0.2) is 31.3 Å². The average Bonchev–Trinajstić information content (AvgIpc) is 3.24. The van der Waals surface area contributed by atoms with Crippen LogP contribution in [0.3, 0.4) is 0 Å². The van der Waals surface area contributed by atoms with Gasteiger partial charge in [0.15, 0.2) is 0 Å². The third kappa shape index (κ3) is 4.68. The molecule has 0 amide bonds. The van der Waals surface area contributed by atoms with Crippen LogP contribution in [0.2, 0.25) is 0 Å². The maximum atomic E-state index is 13.0.